The Morgan fingerprint density at radius 2 is 1.24 bits per heavy atom. The molecule has 360 valence electrons. The van der Waals surface area contributed by atoms with E-state index in [1.54, 1.807) is 83.1 Å². The third-order valence-corrected chi connectivity index (χ3v) is 15.7. The van der Waals surface area contributed by atoms with E-state index in [9.17, 15) is 19.2 Å². The first-order valence-corrected chi connectivity index (χ1v) is 24.7. The summed E-state index contributed by atoms with van der Waals surface area (Å²) in [7, 11) is 0. The van der Waals surface area contributed by atoms with Crippen molar-refractivity contribution >= 4 is 23.9 Å². The van der Waals surface area contributed by atoms with Gasteiger partial charge in [-0.1, -0.05) is 65.5 Å². The maximum Gasteiger partial charge on any atom is 0.311 e. The Morgan fingerprint density at radius 3 is 1.79 bits per heavy atom. The first-order chi connectivity index (χ1) is 28.9. The van der Waals surface area contributed by atoms with Gasteiger partial charge >= 0.3 is 23.9 Å². The monoisotopic (exact) mass is 885 g/mol. The Labute approximate surface area is 381 Å². The number of carbonyl (C=O) groups excluding carboxylic acids is 4. The summed E-state index contributed by atoms with van der Waals surface area (Å²) in [4.78, 5) is 54.5. The van der Waals surface area contributed by atoms with Crippen LogP contribution in [0.25, 0.3) is 0 Å². The molecule has 1 aliphatic heterocycles. The topological polar surface area (TPSA) is 124 Å². The molecule has 1 heterocycles. The zero-order chi connectivity index (χ0) is 47.2. The van der Waals surface area contributed by atoms with Crippen molar-refractivity contribution in [2.75, 3.05) is 6.61 Å². The molecule has 0 spiro atoms. The predicted octanol–water partition coefficient (Wildman–Crippen LogP) is 11.6. The van der Waals surface area contributed by atoms with Crippen LogP contribution < -0.4 is 0 Å². The average Bonchev–Trinajstić information content (AvgIpc) is 3.51. The van der Waals surface area contributed by atoms with Gasteiger partial charge in [0.25, 0.3) is 0 Å². The van der Waals surface area contributed by atoms with E-state index >= 15 is 0 Å². The number of allylic oxidation sites excluding steroid dienone is 1. The maximum absolute atomic E-state index is 13.8. The van der Waals surface area contributed by atoms with E-state index < -0.39 is 76.2 Å². The van der Waals surface area contributed by atoms with Crippen LogP contribution in [-0.4, -0.2) is 67.3 Å². The molecule has 0 aromatic heterocycles. The van der Waals surface area contributed by atoms with Crippen LogP contribution in [0.2, 0.25) is 0 Å². The van der Waals surface area contributed by atoms with Crippen molar-refractivity contribution in [2.45, 2.75) is 225 Å². The van der Waals surface area contributed by atoms with Gasteiger partial charge in [0.15, 0.2) is 24.6 Å². The number of hydrogen-bond acceptors (Lipinski definition) is 10. The zero-order valence-electron chi connectivity index (χ0n) is 42.6. The molecule has 0 aromatic carbocycles. The molecule has 0 amide bonds. The molecule has 63 heavy (non-hydrogen) atoms. The van der Waals surface area contributed by atoms with Crippen molar-refractivity contribution in [1.82, 2.24) is 0 Å². The second-order valence-electron chi connectivity index (χ2n) is 25.5. The summed E-state index contributed by atoms with van der Waals surface area (Å²) in [5.74, 6) is 2.21. The lowest BCUT2D eigenvalue weighted by Crippen LogP contribution is -2.64. The second-order valence-corrected chi connectivity index (χ2v) is 25.5. The van der Waals surface area contributed by atoms with E-state index in [-0.39, 0.29) is 18.1 Å². The van der Waals surface area contributed by atoms with Crippen molar-refractivity contribution in [2.24, 2.45) is 68.0 Å². The smallest absolute Gasteiger partial charge is 0.311 e. The first-order valence-electron chi connectivity index (χ1n) is 24.7. The molecule has 1 saturated heterocycles. The minimum Gasteiger partial charge on any atom is -0.462 e. The summed E-state index contributed by atoms with van der Waals surface area (Å²) in [5.41, 5.74) is -1.76. The van der Waals surface area contributed by atoms with Gasteiger partial charge in [-0.3, -0.25) is 19.2 Å². The third kappa shape index (κ3) is 11.6. The fourth-order valence-electron chi connectivity index (χ4n) is 11.8. The van der Waals surface area contributed by atoms with Gasteiger partial charge in [-0.05, 0) is 181 Å². The molecule has 0 radical (unpaired) electrons. The fourth-order valence-corrected chi connectivity index (χ4v) is 11.8. The molecule has 0 bridgehead atoms. The van der Waals surface area contributed by atoms with Crippen LogP contribution in [0.5, 0.6) is 0 Å². The predicted molar refractivity (Wildman–Crippen MR) is 245 cm³/mol. The third-order valence-electron chi connectivity index (χ3n) is 15.7. The molecule has 4 fully saturated rings. The minimum atomic E-state index is -1.33. The molecule has 10 nitrogen and oxygen atoms in total. The van der Waals surface area contributed by atoms with Gasteiger partial charge in [-0.15, -0.1) is 0 Å². The normalized spacial score (nSPS) is 35.4. The highest BCUT2D eigenvalue weighted by Gasteiger charge is 2.60. The average molecular weight is 885 g/mol. The van der Waals surface area contributed by atoms with Crippen molar-refractivity contribution in [3.05, 3.63) is 11.6 Å². The number of esters is 4. The number of fused-ring (bicyclic) bond motifs is 5. The Kier molecular flexibility index (Phi) is 15.6. The number of ether oxygens (including phenoxy) is 6. The van der Waals surface area contributed by atoms with Gasteiger partial charge in [0.2, 0.25) is 0 Å². The molecule has 1 unspecified atom stereocenters. The summed E-state index contributed by atoms with van der Waals surface area (Å²) in [6.07, 6.45) is 8.77. The van der Waals surface area contributed by atoms with Crippen molar-refractivity contribution in [3.63, 3.8) is 0 Å². The summed E-state index contributed by atoms with van der Waals surface area (Å²) in [6.45, 7) is 32.9. The summed E-state index contributed by atoms with van der Waals surface area (Å²) in [5, 5.41) is 0. The van der Waals surface area contributed by atoms with Crippen molar-refractivity contribution < 1.29 is 47.6 Å². The lowest BCUT2D eigenvalue weighted by molar-refractivity contribution is -0.322. The molecule has 13 atom stereocenters. The van der Waals surface area contributed by atoms with E-state index in [1.807, 2.05) is 0 Å². The molecule has 0 N–H and O–H groups in total. The Bertz CT molecular complexity index is 1670. The maximum atomic E-state index is 13.8. The van der Waals surface area contributed by atoms with E-state index in [0.29, 0.717) is 23.7 Å². The number of rotatable bonds is 12. The molecule has 10 heteroatoms. The Hall–Kier alpha value is -2.46. The van der Waals surface area contributed by atoms with E-state index in [2.05, 4.69) is 40.7 Å². The molecule has 5 aliphatic rings. The Morgan fingerprint density at radius 1 is 0.683 bits per heavy atom. The molecule has 3 saturated carbocycles. The summed E-state index contributed by atoms with van der Waals surface area (Å²) in [6, 6.07) is 0. The zero-order valence-corrected chi connectivity index (χ0v) is 42.6. The van der Waals surface area contributed by atoms with Crippen molar-refractivity contribution in [1.29, 1.82) is 0 Å². The van der Waals surface area contributed by atoms with Gasteiger partial charge in [-0.2, -0.15) is 0 Å². The van der Waals surface area contributed by atoms with Crippen LogP contribution in [0.1, 0.15) is 188 Å². The molecule has 4 aliphatic carbocycles. The van der Waals surface area contributed by atoms with Crippen LogP contribution in [-0.2, 0) is 47.6 Å². The van der Waals surface area contributed by atoms with Crippen LogP contribution in [0.4, 0.5) is 0 Å². The Balaban J connectivity index is 1.44. The van der Waals surface area contributed by atoms with E-state index in [1.165, 1.54) is 50.5 Å². The highest BCUT2D eigenvalue weighted by atomic mass is 16.7. The molecular formula is C53H88O10. The molecule has 0 aromatic rings. The standard InChI is InChI=1S/C53H88O10/c1-31(2)19-18-20-32(3)36-23-24-37-35-22-21-33-29-34(25-27-52(33,16)38(35)26-28-53(36,37)17)59-43-42(63-47(57)51(13,14)15)41(62-46(56)50(10,11)12)40(61-45(55)49(7,8)9)39(60-43)30-58-44(54)48(4,5)6/h21,31-32,34-43H,18-20,22-30H2,1-17H3/t32-,34?,35+,36-,37+,38+,39-,40-,41+,42-,43-,52+,53-/m1/s1. The lowest BCUT2D eigenvalue weighted by atomic mass is 9.47. The molecule has 5 rings (SSSR count). The van der Waals surface area contributed by atoms with Crippen LogP contribution >= 0.6 is 0 Å². The van der Waals surface area contributed by atoms with E-state index in [4.69, 9.17) is 28.4 Å². The minimum absolute atomic E-state index is 0.0668. The van der Waals surface area contributed by atoms with Crippen LogP contribution in [0.15, 0.2) is 11.6 Å². The SMILES string of the molecule is CC(C)CCC[C@@H](C)[C@H]1CC[C@H]2[C@@H]3CC=C4CC(O[C@@H]5O[C@H](COC(=O)C(C)(C)C)[C@@H](OC(=O)C(C)(C)C)[C@H](OC(=O)C(C)(C)C)[C@H]5OC(=O)C(C)(C)C)CC[C@]4(C)[C@H]3CC[C@]12C. The van der Waals surface area contributed by atoms with E-state index in [0.717, 1.165) is 42.9 Å². The number of hydrogen-bond donors (Lipinski definition) is 0. The fraction of sp³-hybridized carbons (Fsp3) is 0.887. The van der Waals surface area contributed by atoms with Crippen LogP contribution in [0, 0.1) is 68.0 Å². The highest BCUT2D eigenvalue weighted by Crippen LogP contribution is 2.67. The largest absolute Gasteiger partial charge is 0.462 e. The highest BCUT2D eigenvalue weighted by molar-refractivity contribution is 5.78. The van der Waals surface area contributed by atoms with Gasteiger partial charge in [0.1, 0.15) is 12.7 Å². The lowest BCUT2D eigenvalue weighted by Gasteiger charge is -2.58. The summed E-state index contributed by atoms with van der Waals surface area (Å²) >= 11 is 0. The quantitative estimate of drug-likeness (QED) is 0.106. The first kappa shape index (κ1) is 51.5. The van der Waals surface area contributed by atoms with Gasteiger partial charge < -0.3 is 28.4 Å². The molecular weight excluding hydrogens is 797 g/mol. The van der Waals surface area contributed by atoms with Gasteiger partial charge in [0, 0.05) is 0 Å². The van der Waals surface area contributed by atoms with Gasteiger partial charge in [-0.25, -0.2) is 0 Å². The number of carbonyl (C=O) groups is 4. The van der Waals surface area contributed by atoms with Gasteiger partial charge in [0.05, 0.1) is 27.8 Å². The summed E-state index contributed by atoms with van der Waals surface area (Å²) < 4.78 is 38.2. The van der Waals surface area contributed by atoms with Crippen molar-refractivity contribution in [3.8, 4) is 0 Å². The van der Waals surface area contributed by atoms with Crippen LogP contribution in [0.3, 0.4) is 0 Å². The second kappa shape index (κ2) is 19.0.